The number of carboxylic acids is 1. The van der Waals surface area contributed by atoms with E-state index in [-0.39, 0.29) is 17.7 Å². The first kappa shape index (κ1) is 25.1. The molecule has 0 aliphatic heterocycles. The lowest BCUT2D eigenvalue weighted by Gasteiger charge is -2.24. The van der Waals surface area contributed by atoms with Gasteiger partial charge < -0.3 is 10.2 Å². The third-order valence-electron chi connectivity index (χ3n) is 5.45. The molecule has 178 valence electrons. The Labute approximate surface area is 194 Å². The average Bonchev–Trinajstić information content (AvgIpc) is 2.81. The van der Waals surface area contributed by atoms with Gasteiger partial charge in [-0.05, 0) is 35.7 Å². The molecule has 3 aromatic rings. The van der Waals surface area contributed by atoms with Gasteiger partial charge in [0.05, 0.1) is 12.2 Å². The Kier molecular flexibility index (Phi) is 7.54. The van der Waals surface area contributed by atoms with Gasteiger partial charge in [-0.1, -0.05) is 66.7 Å². The molecule has 3 N–H and O–H groups in total. The third-order valence-corrected chi connectivity index (χ3v) is 5.45. The first-order valence-corrected chi connectivity index (χ1v) is 10.4. The van der Waals surface area contributed by atoms with Gasteiger partial charge >= 0.3 is 12.1 Å². The molecule has 34 heavy (non-hydrogen) atoms. The van der Waals surface area contributed by atoms with E-state index >= 15 is 4.39 Å². The molecule has 4 nitrogen and oxygen atoms in total. The molecule has 3 rings (SSSR count). The summed E-state index contributed by atoms with van der Waals surface area (Å²) in [4.78, 5) is 11.3. The topological polar surface area (TPSA) is 69.6 Å². The zero-order valence-corrected chi connectivity index (χ0v) is 18.2. The van der Waals surface area contributed by atoms with Crippen molar-refractivity contribution < 1.29 is 32.6 Å². The molecule has 0 aliphatic carbocycles. The Balaban J connectivity index is 1.95. The molecule has 1 unspecified atom stereocenters. The van der Waals surface area contributed by atoms with Gasteiger partial charge in [0.2, 0.25) is 0 Å². The summed E-state index contributed by atoms with van der Waals surface area (Å²) in [6.45, 7) is 0.468. The molecule has 0 saturated heterocycles. The Hall–Kier alpha value is -3.49. The van der Waals surface area contributed by atoms with E-state index in [0.717, 1.165) is 6.07 Å². The van der Waals surface area contributed by atoms with Gasteiger partial charge in [0.15, 0.2) is 0 Å². The number of aliphatic hydroxyl groups is 1. The lowest BCUT2D eigenvalue weighted by Crippen LogP contribution is -2.52. The SMILES string of the molecule is CC(CO)(NCc1ccc(C(F)(F)F)c(C=Cc2cccc(-c3ccccc3)c2F)c1)C(=O)O. The molecule has 0 bridgehead atoms. The third kappa shape index (κ3) is 5.70. The second-order valence-corrected chi connectivity index (χ2v) is 7.98. The van der Waals surface area contributed by atoms with Crippen LogP contribution in [-0.4, -0.2) is 28.3 Å². The van der Waals surface area contributed by atoms with Crippen molar-refractivity contribution in [3.63, 3.8) is 0 Å². The summed E-state index contributed by atoms with van der Waals surface area (Å²) in [5, 5.41) is 21.2. The molecule has 0 spiro atoms. The normalized spacial score (nSPS) is 13.7. The number of nitrogens with one attached hydrogen (secondary N) is 1. The summed E-state index contributed by atoms with van der Waals surface area (Å²) < 4.78 is 55.8. The first-order chi connectivity index (χ1) is 16.0. The minimum atomic E-state index is -4.64. The van der Waals surface area contributed by atoms with Crippen LogP contribution < -0.4 is 5.32 Å². The fourth-order valence-corrected chi connectivity index (χ4v) is 3.31. The number of hydrogen-bond acceptors (Lipinski definition) is 3. The number of aliphatic hydroxyl groups excluding tert-OH is 1. The maximum Gasteiger partial charge on any atom is 0.416 e. The number of halogens is 4. The monoisotopic (exact) mass is 473 g/mol. The van der Waals surface area contributed by atoms with Gasteiger partial charge in [-0.2, -0.15) is 13.2 Å². The highest BCUT2D eigenvalue weighted by Crippen LogP contribution is 2.34. The highest BCUT2D eigenvalue weighted by Gasteiger charge is 2.34. The Morgan fingerprint density at radius 1 is 0.971 bits per heavy atom. The van der Waals surface area contributed by atoms with Crippen LogP contribution in [0.1, 0.15) is 29.2 Å². The minimum Gasteiger partial charge on any atom is -0.480 e. The fraction of sp³-hybridized carbons (Fsp3) is 0.192. The van der Waals surface area contributed by atoms with Crippen molar-refractivity contribution in [1.29, 1.82) is 0 Å². The van der Waals surface area contributed by atoms with Crippen LogP contribution in [0.25, 0.3) is 23.3 Å². The van der Waals surface area contributed by atoms with Crippen molar-refractivity contribution in [3.05, 3.63) is 94.8 Å². The van der Waals surface area contributed by atoms with Crippen LogP contribution in [0.2, 0.25) is 0 Å². The van der Waals surface area contributed by atoms with Gasteiger partial charge in [-0.15, -0.1) is 0 Å². The van der Waals surface area contributed by atoms with E-state index in [1.807, 2.05) is 0 Å². The number of rotatable bonds is 8. The molecule has 0 radical (unpaired) electrons. The number of aliphatic carboxylic acids is 1. The molecular weight excluding hydrogens is 450 g/mol. The molecule has 0 fully saturated rings. The maximum absolute atomic E-state index is 15.1. The average molecular weight is 473 g/mol. The Morgan fingerprint density at radius 2 is 1.65 bits per heavy atom. The number of hydrogen-bond donors (Lipinski definition) is 3. The smallest absolute Gasteiger partial charge is 0.416 e. The first-order valence-electron chi connectivity index (χ1n) is 10.4. The van der Waals surface area contributed by atoms with Crippen LogP contribution in [0.15, 0.2) is 66.7 Å². The summed E-state index contributed by atoms with van der Waals surface area (Å²) >= 11 is 0. The second kappa shape index (κ2) is 10.2. The highest BCUT2D eigenvalue weighted by molar-refractivity contribution is 5.78. The number of alkyl halides is 3. The van der Waals surface area contributed by atoms with Crippen LogP contribution in [0.5, 0.6) is 0 Å². The van der Waals surface area contributed by atoms with Crippen LogP contribution in [0.3, 0.4) is 0 Å². The molecule has 0 aromatic heterocycles. The molecule has 0 heterocycles. The van der Waals surface area contributed by atoms with Gasteiger partial charge in [0, 0.05) is 17.7 Å². The standard InChI is InChI=1S/C26H23F4NO3/c1-25(16-32,24(33)34)31-15-17-10-13-22(26(28,29)30)20(14-17)12-11-19-8-5-9-21(23(19)27)18-6-3-2-4-7-18/h2-14,31-32H,15-16H2,1H3,(H,33,34). The van der Waals surface area contributed by atoms with E-state index in [1.54, 1.807) is 42.5 Å². The molecule has 0 aliphatic rings. The fourth-order valence-electron chi connectivity index (χ4n) is 3.31. The van der Waals surface area contributed by atoms with Crippen LogP contribution >= 0.6 is 0 Å². The van der Waals surface area contributed by atoms with Crippen molar-refractivity contribution >= 4 is 18.1 Å². The minimum absolute atomic E-state index is 0.0970. The summed E-state index contributed by atoms with van der Waals surface area (Å²) in [7, 11) is 0. The van der Waals surface area contributed by atoms with Gasteiger partial charge in [0.1, 0.15) is 11.4 Å². The van der Waals surface area contributed by atoms with E-state index in [9.17, 15) is 28.2 Å². The molecular formula is C26H23F4NO3. The largest absolute Gasteiger partial charge is 0.480 e. The van der Waals surface area contributed by atoms with E-state index in [1.165, 1.54) is 37.3 Å². The zero-order chi connectivity index (χ0) is 24.9. The molecule has 8 heteroatoms. The van der Waals surface area contributed by atoms with Crippen molar-refractivity contribution in [1.82, 2.24) is 5.32 Å². The lowest BCUT2D eigenvalue weighted by atomic mass is 9.99. The van der Waals surface area contributed by atoms with E-state index < -0.39 is 35.7 Å². The van der Waals surface area contributed by atoms with E-state index in [4.69, 9.17) is 0 Å². The number of carbonyl (C=O) groups is 1. The van der Waals surface area contributed by atoms with Crippen molar-refractivity contribution in [2.45, 2.75) is 25.2 Å². The van der Waals surface area contributed by atoms with Crippen molar-refractivity contribution in [2.24, 2.45) is 0 Å². The van der Waals surface area contributed by atoms with Crippen LogP contribution in [-0.2, 0) is 17.5 Å². The van der Waals surface area contributed by atoms with Crippen LogP contribution in [0.4, 0.5) is 17.6 Å². The van der Waals surface area contributed by atoms with Gasteiger partial charge in [-0.25, -0.2) is 4.39 Å². The lowest BCUT2D eigenvalue weighted by molar-refractivity contribution is -0.146. The van der Waals surface area contributed by atoms with Gasteiger partial charge in [0.25, 0.3) is 0 Å². The van der Waals surface area contributed by atoms with Crippen LogP contribution in [0, 0.1) is 5.82 Å². The van der Waals surface area contributed by atoms with Crippen molar-refractivity contribution in [2.75, 3.05) is 6.61 Å². The Bertz CT molecular complexity index is 1190. The summed E-state index contributed by atoms with van der Waals surface area (Å²) in [5.41, 5.74) is -1.30. The molecule has 1 atom stereocenters. The quantitative estimate of drug-likeness (QED) is 0.294. The highest BCUT2D eigenvalue weighted by atomic mass is 19.4. The summed E-state index contributed by atoms with van der Waals surface area (Å²) in [6, 6.07) is 16.9. The van der Waals surface area contributed by atoms with E-state index in [2.05, 4.69) is 5.32 Å². The molecule has 3 aromatic carbocycles. The molecule has 0 saturated carbocycles. The number of carboxylic acid groups (broad SMARTS) is 1. The number of benzene rings is 3. The second-order valence-electron chi connectivity index (χ2n) is 7.98. The predicted molar refractivity (Wildman–Crippen MR) is 122 cm³/mol. The summed E-state index contributed by atoms with van der Waals surface area (Å²) in [5.74, 6) is -1.85. The molecule has 0 amide bonds. The maximum atomic E-state index is 15.1. The predicted octanol–water partition coefficient (Wildman–Crippen LogP) is 5.61. The summed E-state index contributed by atoms with van der Waals surface area (Å²) in [6.07, 6.45) is -2.18. The Morgan fingerprint density at radius 3 is 2.26 bits per heavy atom. The zero-order valence-electron chi connectivity index (χ0n) is 18.2. The van der Waals surface area contributed by atoms with E-state index in [0.29, 0.717) is 16.7 Å². The van der Waals surface area contributed by atoms with Crippen molar-refractivity contribution in [3.8, 4) is 11.1 Å². The van der Waals surface area contributed by atoms with Gasteiger partial charge in [-0.3, -0.25) is 10.1 Å².